The topological polar surface area (TPSA) is 52.8 Å². The molecule has 0 aromatic carbocycles. The fraction of sp³-hybridized carbons (Fsp3) is 1.00. The predicted molar refractivity (Wildman–Crippen MR) is 77.4 cm³/mol. The molecule has 2 aliphatic heterocycles. The summed E-state index contributed by atoms with van der Waals surface area (Å²) in [6, 6.07) is 0. The second kappa shape index (κ2) is 7.33. The van der Waals surface area contributed by atoms with Crippen LogP contribution in [0.2, 0.25) is 0 Å². The molecule has 3 aliphatic rings. The van der Waals surface area contributed by atoms with E-state index in [1.807, 2.05) is 0 Å². The van der Waals surface area contributed by atoms with Gasteiger partial charge in [-0.25, -0.2) is 0 Å². The molecule has 2 saturated heterocycles. The van der Waals surface area contributed by atoms with Crippen molar-refractivity contribution < 1.29 is 22.8 Å². The number of fused-ring (bicyclic) bond motifs is 1. The van der Waals surface area contributed by atoms with Gasteiger partial charge in [-0.2, -0.15) is 0 Å². The maximum Gasteiger partial charge on any atom is 0.533 e. The first-order valence-corrected chi connectivity index (χ1v) is 9.41. The van der Waals surface area contributed by atoms with E-state index in [-0.39, 0.29) is 5.73 Å². The third kappa shape index (κ3) is 4.02. The lowest BCUT2D eigenvalue weighted by molar-refractivity contribution is 0.110. The molecule has 0 N–H and O–H groups in total. The Labute approximate surface area is 123 Å². The summed E-state index contributed by atoms with van der Waals surface area (Å²) in [5, 5.41) is 0. The Morgan fingerprint density at radius 1 is 1.05 bits per heavy atom. The van der Waals surface area contributed by atoms with Crippen molar-refractivity contribution in [2.45, 2.75) is 57.0 Å². The summed E-state index contributed by atoms with van der Waals surface area (Å²) in [5.41, 5.74) is 0.0625. The molecule has 0 aromatic rings. The standard InChI is InChI=1S/C9H16O.C5H12O4Si/c1-2-3-7-4-5-8-9(6-7)10-8;1-6-10(7-2,8-3)5-4-9-5/h7-9H,2-6H2,1H3;5H,4H2,1-3H3. The van der Waals surface area contributed by atoms with Crippen molar-refractivity contribution in [3.05, 3.63) is 0 Å². The van der Waals surface area contributed by atoms with Crippen LogP contribution in [0.25, 0.3) is 0 Å². The van der Waals surface area contributed by atoms with Crippen molar-refractivity contribution in [1.29, 1.82) is 0 Å². The molecule has 3 fully saturated rings. The van der Waals surface area contributed by atoms with Gasteiger partial charge in [-0.1, -0.05) is 19.8 Å². The van der Waals surface area contributed by atoms with E-state index in [1.54, 1.807) is 21.3 Å². The first-order valence-electron chi connectivity index (χ1n) is 7.61. The smallest absolute Gasteiger partial charge is 0.375 e. The molecule has 118 valence electrons. The van der Waals surface area contributed by atoms with Crippen molar-refractivity contribution >= 4 is 8.80 Å². The van der Waals surface area contributed by atoms with Crippen LogP contribution in [0.4, 0.5) is 0 Å². The summed E-state index contributed by atoms with van der Waals surface area (Å²) in [5.74, 6) is 0.994. The monoisotopic (exact) mass is 304 g/mol. The maximum absolute atomic E-state index is 5.45. The van der Waals surface area contributed by atoms with E-state index in [1.165, 1.54) is 32.1 Å². The quantitative estimate of drug-likeness (QED) is 0.556. The summed E-state index contributed by atoms with van der Waals surface area (Å²) in [6.45, 7) is 2.97. The molecule has 0 amide bonds. The number of hydrogen-bond acceptors (Lipinski definition) is 5. The molecular weight excluding hydrogens is 276 g/mol. The van der Waals surface area contributed by atoms with Gasteiger partial charge in [0.1, 0.15) is 0 Å². The zero-order chi connectivity index (χ0) is 14.6. The molecule has 4 unspecified atom stereocenters. The van der Waals surface area contributed by atoms with E-state index < -0.39 is 8.80 Å². The van der Waals surface area contributed by atoms with Gasteiger partial charge in [-0.3, -0.25) is 0 Å². The zero-order valence-corrected chi connectivity index (χ0v) is 14.1. The first kappa shape index (κ1) is 16.4. The highest BCUT2D eigenvalue weighted by atomic mass is 28.4. The Balaban J connectivity index is 0.000000147. The Hall–Kier alpha value is 0.0169. The van der Waals surface area contributed by atoms with Gasteiger partial charge in [-0.15, -0.1) is 0 Å². The average Bonchev–Trinajstić information content (AvgIpc) is 3.36. The van der Waals surface area contributed by atoms with E-state index in [0.717, 1.165) is 5.92 Å². The van der Waals surface area contributed by atoms with E-state index in [9.17, 15) is 0 Å². The van der Waals surface area contributed by atoms with Crippen LogP contribution in [0, 0.1) is 5.92 Å². The van der Waals surface area contributed by atoms with Gasteiger partial charge in [0.2, 0.25) is 0 Å². The highest BCUT2D eigenvalue weighted by molar-refractivity contribution is 6.62. The van der Waals surface area contributed by atoms with Gasteiger partial charge in [0.05, 0.1) is 18.8 Å². The maximum atomic E-state index is 5.45. The lowest BCUT2D eigenvalue weighted by Crippen LogP contribution is -2.49. The molecule has 5 nitrogen and oxygen atoms in total. The Morgan fingerprint density at radius 2 is 1.70 bits per heavy atom. The summed E-state index contributed by atoms with van der Waals surface area (Å²) < 4.78 is 25.9. The van der Waals surface area contributed by atoms with Gasteiger partial charge in [0, 0.05) is 21.3 Å². The fourth-order valence-corrected chi connectivity index (χ4v) is 4.85. The first-order chi connectivity index (χ1) is 9.69. The molecule has 0 spiro atoms. The van der Waals surface area contributed by atoms with Crippen LogP contribution < -0.4 is 0 Å². The highest BCUT2D eigenvalue weighted by Crippen LogP contribution is 2.40. The fourth-order valence-electron chi connectivity index (χ4n) is 3.05. The minimum atomic E-state index is -2.41. The molecule has 1 aliphatic carbocycles. The van der Waals surface area contributed by atoms with E-state index in [0.29, 0.717) is 18.8 Å². The number of epoxide rings is 2. The normalized spacial score (nSPS) is 34.8. The highest BCUT2D eigenvalue weighted by Gasteiger charge is 2.55. The number of hydrogen-bond donors (Lipinski definition) is 0. The molecule has 20 heavy (non-hydrogen) atoms. The van der Waals surface area contributed by atoms with Gasteiger partial charge in [-0.05, 0) is 25.2 Å². The summed E-state index contributed by atoms with van der Waals surface area (Å²) in [4.78, 5) is 0. The molecule has 1 saturated carbocycles. The van der Waals surface area contributed by atoms with Gasteiger partial charge >= 0.3 is 8.80 Å². The molecule has 0 aromatic heterocycles. The molecule has 3 rings (SSSR count). The van der Waals surface area contributed by atoms with Crippen molar-refractivity contribution in [2.24, 2.45) is 5.92 Å². The largest absolute Gasteiger partial charge is 0.533 e. The molecular formula is C14H28O5Si. The zero-order valence-electron chi connectivity index (χ0n) is 13.1. The van der Waals surface area contributed by atoms with Crippen LogP contribution >= 0.6 is 0 Å². The van der Waals surface area contributed by atoms with Gasteiger partial charge in [0.25, 0.3) is 0 Å². The van der Waals surface area contributed by atoms with Crippen LogP contribution in [0.15, 0.2) is 0 Å². The van der Waals surface area contributed by atoms with E-state index >= 15 is 0 Å². The summed E-state index contributed by atoms with van der Waals surface area (Å²) in [7, 11) is 2.35. The van der Waals surface area contributed by atoms with E-state index in [4.69, 9.17) is 22.8 Å². The molecule has 0 bridgehead atoms. The molecule has 4 atom stereocenters. The number of rotatable bonds is 6. The van der Waals surface area contributed by atoms with Crippen LogP contribution in [0.1, 0.15) is 39.0 Å². The van der Waals surface area contributed by atoms with Crippen molar-refractivity contribution in [3.8, 4) is 0 Å². The Morgan fingerprint density at radius 3 is 2.10 bits per heavy atom. The SMILES string of the molecule is CCCC1CCC2OC2C1.CO[Si](OC)(OC)C1CO1. The van der Waals surface area contributed by atoms with Crippen LogP contribution in [0.3, 0.4) is 0 Å². The lowest BCUT2D eigenvalue weighted by atomic mass is 9.86. The number of ether oxygens (including phenoxy) is 2. The average molecular weight is 304 g/mol. The second-order valence-electron chi connectivity index (χ2n) is 5.72. The second-order valence-corrected chi connectivity index (χ2v) is 8.79. The van der Waals surface area contributed by atoms with Crippen molar-refractivity contribution in [2.75, 3.05) is 27.9 Å². The predicted octanol–water partition coefficient (Wildman–Crippen LogP) is 2.16. The lowest BCUT2D eigenvalue weighted by Gasteiger charge is -2.21. The van der Waals surface area contributed by atoms with Crippen molar-refractivity contribution in [1.82, 2.24) is 0 Å². The minimum absolute atomic E-state index is 0.0625. The van der Waals surface area contributed by atoms with Gasteiger partial charge < -0.3 is 22.8 Å². The Bertz CT molecular complexity index is 285. The Kier molecular flexibility index (Phi) is 6.01. The van der Waals surface area contributed by atoms with Crippen molar-refractivity contribution in [3.63, 3.8) is 0 Å². The summed E-state index contributed by atoms with van der Waals surface area (Å²) >= 11 is 0. The third-order valence-corrected chi connectivity index (χ3v) is 7.22. The van der Waals surface area contributed by atoms with Crippen LogP contribution in [-0.4, -0.2) is 54.7 Å². The molecule has 0 radical (unpaired) electrons. The van der Waals surface area contributed by atoms with Gasteiger partial charge in [0.15, 0.2) is 5.73 Å². The van der Waals surface area contributed by atoms with E-state index in [2.05, 4.69) is 6.92 Å². The summed E-state index contributed by atoms with van der Waals surface area (Å²) in [6.07, 6.45) is 8.27. The minimum Gasteiger partial charge on any atom is -0.375 e. The molecule has 2 heterocycles. The van der Waals surface area contributed by atoms with Crippen LogP contribution in [0.5, 0.6) is 0 Å². The molecule has 6 heteroatoms. The van der Waals surface area contributed by atoms with Crippen LogP contribution in [-0.2, 0) is 22.8 Å². The third-order valence-electron chi connectivity index (χ3n) is 4.39.